The van der Waals surface area contributed by atoms with Crippen LogP contribution in [-0.4, -0.2) is 30.1 Å². The van der Waals surface area contributed by atoms with Crippen LogP contribution in [0.3, 0.4) is 0 Å². The molecule has 2 aromatic rings. The van der Waals surface area contributed by atoms with Crippen molar-refractivity contribution in [2.75, 3.05) is 18.5 Å². The first kappa shape index (κ1) is 15.2. The fourth-order valence-electron chi connectivity index (χ4n) is 1.81. The fourth-order valence-corrected chi connectivity index (χ4v) is 2.71. The summed E-state index contributed by atoms with van der Waals surface area (Å²) in [5.41, 5.74) is 0.945. The van der Waals surface area contributed by atoms with Gasteiger partial charge in [0.25, 0.3) is 11.8 Å². The Kier molecular flexibility index (Phi) is 5.08. The number of thiophene rings is 1. The third-order valence-corrected chi connectivity index (χ3v) is 3.73. The Bertz CT molecular complexity index is 638. The minimum atomic E-state index is -0.309. The molecule has 0 unspecified atom stereocenters. The summed E-state index contributed by atoms with van der Waals surface area (Å²) in [7, 11) is 0. The van der Waals surface area contributed by atoms with Gasteiger partial charge in [-0.2, -0.15) is 0 Å². The van der Waals surface area contributed by atoms with Crippen molar-refractivity contribution in [1.82, 2.24) is 5.32 Å². The summed E-state index contributed by atoms with van der Waals surface area (Å²) in [6.45, 7) is 1.92. The van der Waals surface area contributed by atoms with Gasteiger partial charge < -0.3 is 15.7 Å². The van der Waals surface area contributed by atoms with Crippen molar-refractivity contribution in [3.8, 4) is 0 Å². The summed E-state index contributed by atoms with van der Waals surface area (Å²) in [6.07, 6.45) is 0. The number of aryl methyl sites for hydroxylation is 1. The lowest BCUT2D eigenvalue weighted by Crippen LogP contribution is -2.27. The molecule has 0 saturated carbocycles. The molecule has 0 aliphatic heterocycles. The van der Waals surface area contributed by atoms with Crippen LogP contribution < -0.4 is 10.6 Å². The minimum Gasteiger partial charge on any atom is -0.395 e. The zero-order chi connectivity index (χ0) is 15.2. The van der Waals surface area contributed by atoms with Crippen LogP contribution in [0.25, 0.3) is 0 Å². The first-order valence-electron chi connectivity index (χ1n) is 6.47. The molecule has 21 heavy (non-hydrogen) atoms. The normalized spacial score (nSPS) is 10.2. The first-order chi connectivity index (χ1) is 10.1. The van der Waals surface area contributed by atoms with Gasteiger partial charge in [0.15, 0.2) is 0 Å². The lowest BCUT2D eigenvalue weighted by atomic mass is 10.2. The van der Waals surface area contributed by atoms with Crippen molar-refractivity contribution in [2.45, 2.75) is 6.92 Å². The Hall–Kier alpha value is -2.18. The summed E-state index contributed by atoms with van der Waals surface area (Å²) < 4.78 is 0. The Morgan fingerprint density at radius 1 is 1.19 bits per heavy atom. The van der Waals surface area contributed by atoms with E-state index in [1.807, 2.05) is 13.0 Å². The van der Waals surface area contributed by atoms with Crippen molar-refractivity contribution in [3.63, 3.8) is 0 Å². The number of benzene rings is 1. The number of carbonyl (C=O) groups is 2. The summed E-state index contributed by atoms with van der Waals surface area (Å²) >= 11 is 1.34. The van der Waals surface area contributed by atoms with E-state index in [1.54, 1.807) is 30.3 Å². The SMILES string of the molecule is Cc1cc(C(=O)NCCO)c(NC(=O)c2ccccc2)s1. The maximum Gasteiger partial charge on any atom is 0.256 e. The van der Waals surface area contributed by atoms with Gasteiger partial charge in [-0.3, -0.25) is 9.59 Å². The van der Waals surface area contributed by atoms with Gasteiger partial charge in [-0.05, 0) is 25.1 Å². The number of aliphatic hydroxyl groups excluding tert-OH is 1. The van der Waals surface area contributed by atoms with Gasteiger partial charge in [-0.25, -0.2) is 0 Å². The van der Waals surface area contributed by atoms with E-state index in [9.17, 15) is 9.59 Å². The van der Waals surface area contributed by atoms with Gasteiger partial charge in [-0.1, -0.05) is 18.2 Å². The van der Waals surface area contributed by atoms with E-state index in [0.29, 0.717) is 16.1 Å². The van der Waals surface area contributed by atoms with Gasteiger partial charge in [0.05, 0.1) is 12.2 Å². The van der Waals surface area contributed by atoms with E-state index in [0.717, 1.165) is 4.88 Å². The van der Waals surface area contributed by atoms with E-state index in [2.05, 4.69) is 10.6 Å². The molecule has 110 valence electrons. The highest BCUT2D eigenvalue weighted by Gasteiger charge is 2.17. The quantitative estimate of drug-likeness (QED) is 0.791. The molecule has 0 radical (unpaired) electrons. The average Bonchev–Trinajstić information content (AvgIpc) is 2.86. The lowest BCUT2D eigenvalue weighted by Gasteiger charge is -2.06. The summed E-state index contributed by atoms with van der Waals surface area (Å²) in [4.78, 5) is 25.0. The zero-order valence-electron chi connectivity index (χ0n) is 11.6. The van der Waals surface area contributed by atoms with Gasteiger partial charge in [0.1, 0.15) is 5.00 Å². The molecule has 5 nitrogen and oxygen atoms in total. The van der Waals surface area contributed by atoms with Crippen LogP contribution in [-0.2, 0) is 0 Å². The third kappa shape index (κ3) is 3.90. The summed E-state index contributed by atoms with van der Waals surface area (Å²) in [5.74, 6) is -0.564. The van der Waals surface area contributed by atoms with Gasteiger partial charge in [-0.15, -0.1) is 11.3 Å². The van der Waals surface area contributed by atoms with Crippen LogP contribution in [0.2, 0.25) is 0 Å². The van der Waals surface area contributed by atoms with E-state index < -0.39 is 0 Å². The largest absolute Gasteiger partial charge is 0.395 e. The Labute approximate surface area is 126 Å². The van der Waals surface area contributed by atoms with Crippen LogP contribution in [0.5, 0.6) is 0 Å². The van der Waals surface area contributed by atoms with Crippen molar-refractivity contribution in [3.05, 3.63) is 52.4 Å². The highest BCUT2D eigenvalue weighted by Crippen LogP contribution is 2.28. The van der Waals surface area contributed by atoms with Crippen LogP contribution in [0.4, 0.5) is 5.00 Å². The fraction of sp³-hybridized carbons (Fsp3) is 0.200. The smallest absolute Gasteiger partial charge is 0.256 e. The Balaban J connectivity index is 2.17. The minimum absolute atomic E-state index is 0.124. The van der Waals surface area contributed by atoms with Crippen molar-refractivity contribution in [2.24, 2.45) is 0 Å². The van der Waals surface area contributed by atoms with Crippen molar-refractivity contribution in [1.29, 1.82) is 0 Å². The van der Waals surface area contributed by atoms with Crippen molar-refractivity contribution >= 4 is 28.2 Å². The topological polar surface area (TPSA) is 78.4 Å². The van der Waals surface area contributed by atoms with Gasteiger partial charge >= 0.3 is 0 Å². The van der Waals surface area contributed by atoms with Gasteiger partial charge in [0, 0.05) is 17.0 Å². The third-order valence-electron chi connectivity index (χ3n) is 2.76. The summed E-state index contributed by atoms with van der Waals surface area (Å²) in [5, 5.41) is 14.6. The number of nitrogens with one attached hydrogen (secondary N) is 2. The highest BCUT2D eigenvalue weighted by atomic mass is 32.1. The molecule has 0 bridgehead atoms. The van der Waals surface area contributed by atoms with E-state index in [-0.39, 0.29) is 25.0 Å². The predicted molar refractivity (Wildman–Crippen MR) is 82.9 cm³/mol. The standard InChI is InChI=1S/C15H16N2O3S/c1-10-9-12(14(20)16-7-8-18)15(21-10)17-13(19)11-5-3-2-4-6-11/h2-6,9,18H,7-8H2,1H3,(H,16,20)(H,17,19). The van der Waals surface area contributed by atoms with E-state index >= 15 is 0 Å². The maximum atomic E-state index is 12.1. The van der Waals surface area contributed by atoms with Crippen LogP contribution in [0.15, 0.2) is 36.4 Å². The second kappa shape index (κ2) is 7.01. The molecule has 0 saturated heterocycles. The number of anilines is 1. The van der Waals surface area contributed by atoms with E-state index in [1.165, 1.54) is 11.3 Å². The maximum absolute atomic E-state index is 12.1. The molecular formula is C15H16N2O3S. The molecule has 1 heterocycles. The molecule has 2 rings (SSSR count). The number of hydrogen-bond acceptors (Lipinski definition) is 4. The molecule has 1 aromatic carbocycles. The summed E-state index contributed by atoms with van der Waals surface area (Å²) in [6, 6.07) is 10.5. The van der Waals surface area contributed by atoms with Crippen LogP contribution in [0, 0.1) is 6.92 Å². The zero-order valence-corrected chi connectivity index (χ0v) is 12.4. The molecule has 6 heteroatoms. The Morgan fingerprint density at radius 2 is 1.90 bits per heavy atom. The molecule has 3 N–H and O–H groups in total. The Morgan fingerprint density at radius 3 is 2.57 bits per heavy atom. The molecule has 0 spiro atoms. The van der Waals surface area contributed by atoms with Gasteiger partial charge in [0.2, 0.25) is 0 Å². The van der Waals surface area contributed by atoms with Crippen molar-refractivity contribution < 1.29 is 14.7 Å². The van der Waals surface area contributed by atoms with Crippen LogP contribution >= 0.6 is 11.3 Å². The molecule has 0 aliphatic carbocycles. The lowest BCUT2D eigenvalue weighted by molar-refractivity contribution is 0.0946. The van der Waals surface area contributed by atoms with Crippen LogP contribution in [0.1, 0.15) is 25.6 Å². The number of hydrogen-bond donors (Lipinski definition) is 3. The second-order valence-electron chi connectivity index (χ2n) is 4.40. The molecule has 1 aromatic heterocycles. The first-order valence-corrected chi connectivity index (χ1v) is 7.29. The number of rotatable bonds is 5. The predicted octanol–water partition coefficient (Wildman–Crippen LogP) is 2.03. The second-order valence-corrected chi connectivity index (χ2v) is 5.66. The number of amides is 2. The average molecular weight is 304 g/mol. The molecular weight excluding hydrogens is 288 g/mol. The molecule has 0 aliphatic rings. The number of carbonyl (C=O) groups excluding carboxylic acids is 2. The monoisotopic (exact) mass is 304 g/mol. The molecule has 0 atom stereocenters. The molecule has 2 amide bonds. The molecule has 0 fully saturated rings. The highest BCUT2D eigenvalue weighted by molar-refractivity contribution is 7.16. The van der Waals surface area contributed by atoms with E-state index in [4.69, 9.17) is 5.11 Å². The number of aliphatic hydroxyl groups is 1.